The van der Waals surface area contributed by atoms with Crippen LogP contribution in [0.25, 0.3) is 11.1 Å². The molecule has 2 aromatic heterocycles. The number of anilines is 1. The Kier molecular flexibility index (Phi) is 4.27. The highest BCUT2D eigenvalue weighted by molar-refractivity contribution is 5.88. The summed E-state index contributed by atoms with van der Waals surface area (Å²) in [6.45, 7) is 2.09. The summed E-state index contributed by atoms with van der Waals surface area (Å²) < 4.78 is 1.86. The van der Waals surface area contributed by atoms with Crippen LogP contribution in [0.4, 0.5) is 5.82 Å². The Hall–Kier alpha value is -3.68. The Balaban J connectivity index is 1.51. The number of rotatable bonds is 3. The zero-order valence-corrected chi connectivity index (χ0v) is 16.1. The van der Waals surface area contributed by atoms with Crippen LogP contribution in [0.15, 0.2) is 58.4 Å². The van der Waals surface area contributed by atoms with Crippen molar-refractivity contribution in [3.63, 3.8) is 0 Å². The number of aromatic nitrogens is 3. The molecule has 8 nitrogen and oxygen atoms in total. The molecule has 8 heteroatoms. The lowest BCUT2D eigenvalue weighted by Gasteiger charge is -2.43. The van der Waals surface area contributed by atoms with Gasteiger partial charge in [-0.05, 0) is 41.7 Å². The van der Waals surface area contributed by atoms with E-state index in [0.29, 0.717) is 24.8 Å². The van der Waals surface area contributed by atoms with E-state index in [1.165, 1.54) is 12.4 Å². The molecule has 2 N–H and O–H groups in total. The molecule has 1 saturated heterocycles. The zero-order valence-electron chi connectivity index (χ0n) is 16.1. The number of nitrogens with zero attached hydrogens (tertiary/aromatic N) is 3. The summed E-state index contributed by atoms with van der Waals surface area (Å²) in [7, 11) is 0. The maximum atomic E-state index is 12.9. The zero-order chi connectivity index (χ0) is 20.8. The molecule has 4 heterocycles. The molecule has 30 heavy (non-hydrogen) atoms. The van der Waals surface area contributed by atoms with Gasteiger partial charge in [0.15, 0.2) is 0 Å². The first kappa shape index (κ1) is 18.4. The molecule has 2 aliphatic heterocycles. The van der Waals surface area contributed by atoms with Crippen molar-refractivity contribution in [3.05, 3.63) is 80.8 Å². The SMILES string of the molecule is O=C(O)c1ccc(-c2cc3n(c(=O)c2)C[C@H]2C[C@@H]3CN(c3cc(=O)[nH]cn3)C2)cc1. The summed E-state index contributed by atoms with van der Waals surface area (Å²) in [6.07, 6.45) is 2.40. The number of hydrogen-bond acceptors (Lipinski definition) is 5. The minimum absolute atomic E-state index is 0.0396. The Bertz CT molecular complexity index is 1240. The molecule has 0 radical (unpaired) electrons. The fourth-order valence-corrected chi connectivity index (χ4v) is 4.65. The highest BCUT2D eigenvalue weighted by Crippen LogP contribution is 2.37. The van der Waals surface area contributed by atoms with Crippen molar-refractivity contribution in [2.45, 2.75) is 18.9 Å². The van der Waals surface area contributed by atoms with Crippen LogP contribution < -0.4 is 16.0 Å². The van der Waals surface area contributed by atoms with Crippen molar-refractivity contribution in [2.75, 3.05) is 18.0 Å². The van der Waals surface area contributed by atoms with E-state index in [0.717, 1.165) is 29.8 Å². The number of fused-ring (bicyclic) bond motifs is 4. The number of aromatic amines is 1. The fourth-order valence-electron chi connectivity index (χ4n) is 4.65. The third-order valence-corrected chi connectivity index (χ3v) is 6.01. The van der Waals surface area contributed by atoms with Crippen molar-refractivity contribution in [2.24, 2.45) is 5.92 Å². The number of pyridine rings is 1. The van der Waals surface area contributed by atoms with Crippen LogP contribution in [-0.2, 0) is 6.54 Å². The maximum Gasteiger partial charge on any atom is 0.335 e. The van der Waals surface area contributed by atoms with Gasteiger partial charge in [0.1, 0.15) is 5.82 Å². The summed E-state index contributed by atoms with van der Waals surface area (Å²) in [5.41, 5.74) is 2.57. The molecule has 1 fully saturated rings. The first-order chi connectivity index (χ1) is 14.5. The number of piperidine rings is 1. The topological polar surface area (TPSA) is 108 Å². The van der Waals surface area contributed by atoms with Crippen LogP contribution in [-0.4, -0.2) is 38.7 Å². The molecule has 2 aliphatic rings. The largest absolute Gasteiger partial charge is 0.478 e. The smallest absolute Gasteiger partial charge is 0.335 e. The Labute approximate surface area is 171 Å². The van der Waals surface area contributed by atoms with E-state index in [2.05, 4.69) is 14.9 Å². The molecule has 0 unspecified atom stereocenters. The predicted octanol–water partition coefficient (Wildman–Crippen LogP) is 1.92. The summed E-state index contributed by atoms with van der Waals surface area (Å²) in [6, 6.07) is 11.7. The van der Waals surface area contributed by atoms with Crippen LogP contribution in [0.5, 0.6) is 0 Å². The lowest BCUT2D eigenvalue weighted by Crippen LogP contribution is -2.47. The number of carboxylic acids is 1. The van der Waals surface area contributed by atoms with Gasteiger partial charge in [-0.3, -0.25) is 9.59 Å². The minimum atomic E-state index is -0.978. The second-order valence-corrected chi connectivity index (χ2v) is 7.97. The number of nitrogens with one attached hydrogen (secondary N) is 1. The number of benzene rings is 1. The molecule has 0 amide bonds. The molecule has 0 aliphatic carbocycles. The first-order valence-corrected chi connectivity index (χ1v) is 9.86. The second kappa shape index (κ2) is 6.98. The third-order valence-electron chi connectivity index (χ3n) is 6.01. The molecule has 0 spiro atoms. The van der Waals surface area contributed by atoms with E-state index in [1.807, 2.05) is 10.6 Å². The highest BCUT2D eigenvalue weighted by atomic mass is 16.4. The number of aromatic carboxylic acids is 1. The van der Waals surface area contributed by atoms with Gasteiger partial charge in [0.2, 0.25) is 0 Å². The van der Waals surface area contributed by atoms with Crippen LogP contribution >= 0.6 is 0 Å². The molecule has 2 atom stereocenters. The van der Waals surface area contributed by atoms with E-state index in [4.69, 9.17) is 5.11 Å². The summed E-state index contributed by atoms with van der Waals surface area (Å²) in [4.78, 5) is 44.6. The Morgan fingerprint density at radius 2 is 1.83 bits per heavy atom. The lowest BCUT2D eigenvalue weighted by atomic mass is 9.82. The van der Waals surface area contributed by atoms with Gasteiger partial charge in [0.25, 0.3) is 11.1 Å². The van der Waals surface area contributed by atoms with Crippen molar-refractivity contribution < 1.29 is 9.90 Å². The van der Waals surface area contributed by atoms with E-state index in [9.17, 15) is 14.4 Å². The van der Waals surface area contributed by atoms with Gasteiger partial charge in [0.05, 0.1) is 11.9 Å². The van der Waals surface area contributed by atoms with Gasteiger partial charge in [-0.2, -0.15) is 0 Å². The average molecular weight is 404 g/mol. The Morgan fingerprint density at radius 1 is 1.03 bits per heavy atom. The highest BCUT2D eigenvalue weighted by Gasteiger charge is 2.35. The van der Waals surface area contributed by atoms with Crippen molar-refractivity contribution in [1.29, 1.82) is 0 Å². The molecule has 1 aromatic carbocycles. The first-order valence-electron chi connectivity index (χ1n) is 9.86. The maximum absolute atomic E-state index is 12.9. The van der Waals surface area contributed by atoms with E-state index < -0.39 is 5.97 Å². The molecule has 152 valence electrons. The van der Waals surface area contributed by atoms with Crippen LogP contribution in [0.1, 0.15) is 28.4 Å². The van der Waals surface area contributed by atoms with Gasteiger partial charge >= 0.3 is 5.97 Å². The summed E-state index contributed by atoms with van der Waals surface area (Å²) in [5, 5.41) is 9.10. The molecule has 5 rings (SSSR count). The fraction of sp³-hybridized carbons (Fsp3) is 0.273. The second-order valence-electron chi connectivity index (χ2n) is 7.97. The van der Waals surface area contributed by atoms with Crippen molar-refractivity contribution >= 4 is 11.8 Å². The number of carbonyl (C=O) groups is 1. The van der Waals surface area contributed by atoms with Gasteiger partial charge in [0, 0.05) is 43.4 Å². The average Bonchev–Trinajstić information content (AvgIpc) is 2.74. The van der Waals surface area contributed by atoms with Crippen LogP contribution in [0, 0.1) is 5.92 Å². The van der Waals surface area contributed by atoms with E-state index >= 15 is 0 Å². The quantitative estimate of drug-likeness (QED) is 0.691. The third kappa shape index (κ3) is 3.20. The summed E-state index contributed by atoms with van der Waals surface area (Å²) >= 11 is 0. The van der Waals surface area contributed by atoms with Crippen molar-refractivity contribution in [3.8, 4) is 11.1 Å². The summed E-state index contributed by atoms with van der Waals surface area (Å²) in [5.74, 6) is 0.152. The molecular formula is C22H20N4O4. The molecule has 2 bridgehead atoms. The van der Waals surface area contributed by atoms with E-state index in [-0.39, 0.29) is 22.6 Å². The predicted molar refractivity (Wildman–Crippen MR) is 111 cm³/mol. The number of H-pyrrole nitrogens is 1. The van der Waals surface area contributed by atoms with E-state index in [1.54, 1.807) is 30.3 Å². The van der Waals surface area contributed by atoms with Crippen LogP contribution in [0.3, 0.4) is 0 Å². The monoisotopic (exact) mass is 404 g/mol. The van der Waals surface area contributed by atoms with Gasteiger partial charge < -0.3 is 19.6 Å². The lowest BCUT2D eigenvalue weighted by molar-refractivity contribution is 0.0697. The Morgan fingerprint density at radius 3 is 2.57 bits per heavy atom. The molecule has 3 aromatic rings. The molecular weight excluding hydrogens is 384 g/mol. The normalized spacial score (nSPS) is 19.9. The number of hydrogen-bond donors (Lipinski definition) is 2. The molecule has 0 saturated carbocycles. The standard InChI is InChI=1S/C22H20N4O4/c27-20-8-19(23-12-24-20)25-9-13-5-17(11-25)18-6-16(7-21(28)26(18)10-13)14-1-3-15(4-2-14)22(29)30/h1-4,6-8,12-13,17H,5,9-11H2,(H,29,30)(H,23,24,27)/t13-,17+/m0/s1. The van der Waals surface area contributed by atoms with Crippen LogP contribution in [0.2, 0.25) is 0 Å². The number of carboxylic acid groups (broad SMARTS) is 1. The van der Waals surface area contributed by atoms with Gasteiger partial charge in [-0.1, -0.05) is 12.1 Å². The van der Waals surface area contributed by atoms with Gasteiger partial charge in [-0.25, -0.2) is 9.78 Å². The minimum Gasteiger partial charge on any atom is -0.478 e. The van der Waals surface area contributed by atoms with Crippen molar-refractivity contribution in [1.82, 2.24) is 14.5 Å². The van der Waals surface area contributed by atoms with Gasteiger partial charge in [-0.15, -0.1) is 0 Å².